The SMILES string of the molecule is CC(=O)NCc1cccc(-c2ccc(C3OC(CN4CC5(C)CC4CC(C)(C)C5)CC(c4ccc(CO)cc4)O3)cc2)c1. The standard InChI is InChI=1S/C37H46N2O4/c1-25(41)38-20-27-6-5-7-31(16-27)28-12-14-30(15-13-28)35-42-33(17-34(43-35)29-10-8-26(22-40)9-11-29)21-39-24-37(4)19-32(39)18-36(2,3)23-37/h5-16,32-35,40H,17-24H2,1-4H3,(H,38,41). The maximum absolute atomic E-state index is 11.4. The number of carbonyl (C=O) groups is 1. The molecule has 3 aromatic carbocycles. The summed E-state index contributed by atoms with van der Waals surface area (Å²) in [5, 5.41) is 12.4. The van der Waals surface area contributed by atoms with Crippen LogP contribution in [0.5, 0.6) is 0 Å². The van der Waals surface area contributed by atoms with Crippen LogP contribution >= 0.6 is 0 Å². The minimum absolute atomic E-state index is 0.0333. The largest absolute Gasteiger partial charge is 0.392 e. The topological polar surface area (TPSA) is 71.0 Å². The molecule has 3 aromatic rings. The molecule has 5 atom stereocenters. The zero-order valence-electron chi connectivity index (χ0n) is 26.0. The first-order chi connectivity index (χ1) is 20.6. The van der Waals surface area contributed by atoms with Gasteiger partial charge in [-0.2, -0.15) is 0 Å². The van der Waals surface area contributed by atoms with E-state index in [2.05, 4.69) is 79.5 Å². The molecule has 1 aliphatic carbocycles. The van der Waals surface area contributed by atoms with Crippen molar-refractivity contribution >= 4 is 5.91 Å². The van der Waals surface area contributed by atoms with Gasteiger partial charge in [-0.05, 0) is 64.0 Å². The van der Waals surface area contributed by atoms with Crippen LogP contribution in [0, 0.1) is 10.8 Å². The normalized spacial score (nSPS) is 28.5. The maximum Gasteiger partial charge on any atom is 0.217 e. The average molecular weight is 583 g/mol. The van der Waals surface area contributed by atoms with Crippen molar-refractivity contribution < 1.29 is 19.4 Å². The minimum Gasteiger partial charge on any atom is -0.392 e. The molecule has 1 amide bonds. The van der Waals surface area contributed by atoms with Crippen LogP contribution in [0.4, 0.5) is 0 Å². The molecule has 0 spiro atoms. The summed E-state index contributed by atoms with van der Waals surface area (Å²) in [5.41, 5.74) is 7.08. The molecule has 2 saturated heterocycles. The van der Waals surface area contributed by atoms with Gasteiger partial charge in [0.1, 0.15) is 0 Å². The zero-order chi connectivity index (χ0) is 30.2. The van der Waals surface area contributed by atoms with E-state index in [4.69, 9.17) is 9.47 Å². The highest BCUT2D eigenvalue weighted by Crippen LogP contribution is 2.53. The van der Waals surface area contributed by atoms with Gasteiger partial charge in [0, 0.05) is 44.6 Å². The van der Waals surface area contributed by atoms with Crippen molar-refractivity contribution in [1.82, 2.24) is 10.2 Å². The number of hydrogen-bond donors (Lipinski definition) is 2. The molecule has 2 heterocycles. The van der Waals surface area contributed by atoms with Crippen LogP contribution in [0.15, 0.2) is 72.8 Å². The summed E-state index contributed by atoms with van der Waals surface area (Å²) < 4.78 is 13.4. The first-order valence-corrected chi connectivity index (χ1v) is 15.8. The molecular weight excluding hydrogens is 536 g/mol. The number of amides is 1. The Morgan fingerprint density at radius 3 is 2.40 bits per heavy atom. The van der Waals surface area contributed by atoms with Gasteiger partial charge in [0.25, 0.3) is 0 Å². The predicted octanol–water partition coefficient (Wildman–Crippen LogP) is 6.93. The Labute approximate surface area is 256 Å². The van der Waals surface area contributed by atoms with Crippen molar-refractivity contribution in [1.29, 1.82) is 0 Å². The van der Waals surface area contributed by atoms with Gasteiger partial charge in [0.15, 0.2) is 6.29 Å². The number of nitrogens with one attached hydrogen (secondary N) is 1. The molecule has 2 N–H and O–H groups in total. The predicted molar refractivity (Wildman–Crippen MR) is 169 cm³/mol. The highest BCUT2D eigenvalue weighted by molar-refractivity contribution is 5.73. The number of rotatable bonds is 8. The lowest BCUT2D eigenvalue weighted by Crippen LogP contribution is -2.42. The van der Waals surface area contributed by atoms with E-state index in [1.165, 1.54) is 26.2 Å². The third-order valence-corrected chi connectivity index (χ3v) is 9.56. The van der Waals surface area contributed by atoms with Crippen molar-refractivity contribution in [3.05, 3.63) is 95.1 Å². The number of likely N-dealkylation sites (tertiary alicyclic amines) is 1. The molecule has 43 heavy (non-hydrogen) atoms. The van der Waals surface area contributed by atoms with Gasteiger partial charge < -0.3 is 19.9 Å². The fourth-order valence-corrected chi connectivity index (χ4v) is 8.00. The number of benzene rings is 3. The second-order valence-electron chi connectivity index (χ2n) is 14.2. The lowest BCUT2D eigenvalue weighted by atomic mass is 9.65. The number of nitrogens with zero attached hydrogens (tertiary/aromatic N) is 1. The van der Waals surface area contributed by atoms with Crippen LogP contribution in [-0.4, -0.2) is 41.1 Å². The molecule has 0 aromatic heterocycles. The van der Waals surface area contributed by atoms with Gasteiger partial charge in [-0.25, -0.2) is 0 Å². The number of carbonyl (C=O) groups excluding carboxylic acids is 1. The quantitative estimate of drug-likeness (QED) is 0.302. The van der Waals surface area contributed by atoms with Crippen molar-refractivity contribution in [3.63, 3.8) is 0 Å². The van der Waals surface area contributed by atoms with Crippen molar-refractivity contribution in [3.8, 4) is 11.1 Å². The molecule has 3 fully saturated rings. The van der Waals surface area contributed by atoms with Gasteiger partial charge >= 0.3 is 0 Å². The third kappa shape index (κ3) is 7.04. The van der Waals surface area contributed by atoms with E-state index in [1.54, 1.807) is 0 Å². The Bertz CT molecular complexity index is 1420. The molecule has 2 bridgehead atoms. The average Bonchev–Trinajstić information content (AvgIpc) is 3.23. The lowest BCUT2D eigenvalue weighted by Gasteiger charge is -2.41. The Balaban J connectivity index is 1.21. The van der Waals surface area contributed by atoms with Gasteiger partial charge in [-0.15, -0.1) is 0 Å². The summed E-state index contributed by atoms with van der Waals surface area (Å²) >= 11 is 0. The summed E-state index contributed by atoms with van der Waals surface area (Å²) in [5.74, 6) is -0.0333. The zero-order valence-corrected chi connectivity index (χ0v) is 26.0. The van der Waals surface area contributed by atoms with E-state index in [0.29, 0.717) is 23.4 Å². The summed E-state index contributed by atoms with van der Waals surface area (Å²) in [6.07, 6.45) is 4.12. The van der Waals surface area contributed by atoms with Crippen LogP contribution in [0.1, 0.15) is 88.0 Å². The summed E-state index contributed by atoms with van der Waals surface area (Å²) in [4.78, 5) is 14.1. The summed E-state index contributed by atoms with van der Waals surface area (Å²) in [7, 11) is 0. The fourth-order valence-electron chi connectivity index (χ4n) is 8.00. The highest BCUT2D eigenvalue weighted by atomic mass is 16.7. The van der Waals surface area contributed by atoms with Crippen molar-refractivity contribution in [2.24, 2.45) is 10.8 Å². The molecule has 2 aliphatic heterocycles. The molecule has 1 saturated carbocycles. The van der Waals surface area contributed by atoms with Gasteiger partial charge in [-0.3, -0.25) is 9.69 Å². The molecule has 6 nitrogen and oxygen atoms in total. The van der Waals surface area contributed by atoms with E-state index < -0.39 is 6.29 Å². The summed E-state index contributed by atoms with van der Waals surface area (Å²) in [6.45, 7) is 11.5. The minimum atomic E-state index is -0.463. The Morgan fingerprint density at radius 2 is 1.67 bits per heavy atom. The first kappa shape index (κ1) is 30.0. The smallest absolute Gasteiger partial charge is 0.217 e. The third-order valence-electron chi connectivity index (χ3n) is 9.56. The second kappa shape index (κ2) is 12.2. The first-order valence-electron chi connectivity index (χ1n) is 15.8. The highest BCUT2D eigenvalue weighted by Gasteiger charge is 2.50. The monoisotopic (exact) mass is 582 g/mol. The van der Waals surface area contributed by atoms with Crippen molar-refractivity contribution in [2.75, 3.05) is 13.1 Å². The summed E-state index contributed by atoms with van der Waals surface area (Å²) in [6, 6.07) is 25.5. The van der Waals surface area contributed by atoms with Crippen molar-refractivity contribution in [2.45, 2.75) is 91.1 Å². The van der Waals surface area contributed by atoms with Crippen LogP contribution in [-0.2, 0) is 27.4 Å². The van der Waals surface area contributed by atoms with E-state index >= 15 is 0 Å². The molecule has 0 radical (unpaired) electrons. The van der Waals surface area contributed by atoms with Crippen LogP contribution in [0.25, 0.3) is 11.1 Å². The Kier molecular flexibility index (Phi) is 8.49. The number of ether oxygens (including phenoxy) is 2. The lowest BCUT2D eigenvalue weighted by molar-refractivity contribution is -0.253. The number of aliphatic hydroxyl groups is 1. The fraction of sp³-hybridized carbons (Fsp3) is 0.486. The number of fused-ring (bicyclic) bond motifs is 2. The molecule has 5 unspecified atom stereocenters. The number of hydrogen-bond acceptors (Lipinski definition) is 5. The molecular formula is C37H46N2O4. The van der Waals surface area contributed by atoms with Gasteiger partial charge in [-0.1, -0.05) is 87.5 Å². The Morgan fingerprint density at radius 1 is 0.930 bits per heavy atom. The van der Waals surface area contributed by atoms with E-state index in [9.17, 15) is 9.90 Å². The van der Waals surface area contributed by atoms with Crippen LogP contribution in [0.2, 0.25) is 0 Å². The van der Waals surface area contributed by atoms with Crippen LogP contribution in [0.3, 0.4) is 0 Å². The van der Waals surface area contributed by atoms with Crippen LogP contribution < -0.4 is 5.32 Å². The van der Waals surface area contributed by atoms with E-state index in [-0.39, 0.29) is 24.7 Å². The molecule has 228 valence electrons. The molecule has 3 aliphatic rings. The maximum atomic E-state index is 11.4. The van der Waals surface area contributed by atoms with E-state index in [1.807, 2.05) is 24.3 Å². The van der Waals surface area contributed by atoms with Gasteiger partial charge in [0.2, 0.25) is 5.91 Å². The Hall–Kier alpha value is -3.03. The second-order valence-corrected chi connectivity index (χ2v) is 14.2. The van der Waals surface area contributed by atoms with Gasteiger partial charge in [0.05, 0.1) is 18.8 Å². The molecule has 6 heteroatoms. The van der Waals surface area contributed by atoms with E-state index in [0.717, 1.165) is 52.9 Å². The number of aliphatic hydroxyl groups excluding tert-OH is 1. The molecule has 6 rings (SSSR count).